The topological polar surface area (TPSA) is 59.0 Å². The number of benzene rings is 2. The van der Waals surface area contributed by atoms with Crippen molar-refractivity contribution in [3.8, 4) is 0 Å². The first-order valence-corrected chi connectivity index (χ1v) is 9.68. The molecule has 0 aliphatic carbocycles. The Labute approximate surface area is 167 Å². The van der Waals surface area contributed by atoms with Crippen molar-refractivity contribution >= 4 is 5.95 Å². The van der Waals surface area contributed by atoms with Crippen LogP contribution in [-0.4, -0.2) is 22.6 Å². The summed E-state index contributed by atoms with van der Waals surface area (Å²) in [5.41, 5.74) is 2.72. The number of anilines is 1. The van der Waals surface area contributed by atoms with Crippen LogP contribution in [0.5, 0.6) is 0 Å². The Kier molecular flexibility index (Phi) is 5.40. The molecule has 2 N–H and O–H groups in total. The standard InChI is InChI=1S/C22H22F2N4O/c1-2-26-22-27-19-13-25-12-11-18(19)21(29)28(22)20(14-3-7-16(23)8-4-14)15-5-9-17(24)10-6-15/h3-10,20,25H,2,11-13H2,1H3,(H,26,27). The average molecular weight is 396 g/mol. The van der Waals surface area contributed by atoms with Crippen molar-refractivity contribution in [1.82, 2.24) is 14.9 Å². The molecule has 4 rings (SSSR count). The molecule has 2 heterocycles. The summed E-state index contributed by atoms with van der Waals surface area (Å²) in [6.07, 6.45) is 0.590. The van der Waals surface area contributed by atoms with E-state index in [1.165, 1.54) is 24.3 Å². The number of nitrogens with one attached hydrogen (secondary N) is 2. The molecule has 0 amide bonds. The Bertz CT molecular complexity index is 1020. The van der Waals surface area contributed by atoms with E-state index in [0.717, 1.165) is 16.8 Å². The fourth-order valence-electron chi connectivity index (χ4n) is 3.73. The highest BCUT2D eigenvalue weighted by Crippen LogP contribution is 2.29. The Balaban J connectivity index is 1.98. The van der Waals surface area contributed by atoms with E-state index < -0.39 is 6.04 Å². The summed E-state index contributed by atoms with van der Waals surface area (Å²) in [5.74, 6) is -0.278. The van der Waals surface area contributed by atoms with Gasteiger partial charge in [0.2, 0.25) is 5.95 Å². The maximum absolute atomic E-state index is 13.6. The molecule has 1 aromatic heterocycles. The van der Waals surface area contributed by atoms with Crippen molar-refractivity contribution in [1.29, 1.82) is 0 Å². The average Bonchev–Trinajstić information content (AvgIpc) is 2.73. The first-order chi connectivity index (χ1) is 14.1. The molecule has 1 aliphatic rings. The number of hydrogen-bond acceptors (Lipinski definition) is 4. The van der Waals surface area contributed by atoms with Gasteiger partial charge in [0.25, 0.3) is 5.56 Å². The van der Waals surface area contributed by atoms with Crippen LogP contribution in [0.4, 0.5) is 14.7 Å². The van der Waals surface area contributed by atoms with Crippen molar-refractivity contribution in [2.75, 3.05) is 18.4 Å². The van der Waals surface area contributed by atoms with Crippen LogP contribution in [0.15, 0.2) is 53.3 Å². The third kappa shape index (κ3) is 3.78. The van der Waals surface area contributed by atoms with Gasteiger partial charge >= 0.3 is 0 Å². The highest BCUT2D eigenvalue weighted by Gasteiger charge is 2.26. The summed E-state index contributed by atoms with van der Waals surface area (Å²) in [6.45, 7) is 3.76. The summed E-state index contributed by atoms with van der Waals surface area (Å²) in [5, 5.41) is 6.43. The van der Waals surface area contributed by atoms with Gasteiger partial charge in [0, 0.05) is 18.7 Å². The zero-order chi connectivity index (χ0) is 20.4. The van der Waals surface area contributed by atoms with Crippen LogP contribution < -0.4 is 16.2 Å². The van der Waals surface area contributed by atoms with Gasteiger partial charge in [-0.05, 0) is 55.3 Å². The molecule has 0 radical (unpaired) electrons. The molecule has 0 atom stereocenters. The summed E-state index contributed by atoms with van der Waals surface area (Å²) in [7, 11) is 0. The number of aromatic nitrogens is 2. The van der Waals surface area contributed by atoms with Crippen LogP contribution in [0.3, 0.4) is 0 Å². The smallest absolute Gasteiger partial charge is 0.259 e. The van der Waals surface area contributed by atoms with Gasteiger partial charge in [-0.25, -0.2) is 13.8 Å². The lowest BCUT2D eigenvalue weighted by Gasteiger charge is -2.27. The molecule has 2 aromatic carbocycles. The predicted molar refractivity (Wildman–Crippen MR) is 108 cm³/mol. The Morgan fingerprint density at radius 3 is 2.21 bits per heavy atom. The van der Waals surface area contributed by atoms with Crippen LogP contribution >= 0.6 is 0 Å². The molecule has 0 unspecified atom stereocenters. The van der Waals surface area contributed by atoms with Gasteiger partial charge in [-0.1, -0.05) is 24.3 Å². The molecule has 7 heteroatoms. The van der Waals surface area contributed by atoms with Crippen molar-refractivity contribution in [3.63, 3.8) is 0 Å². The highest BCUT2D eigenvalue weighted by molar-refractivity contribution is 5.41. The van der Waals surface area contributed by atoms with Gasteiger partial charge in [0.15, 0.2) is 0 Å². The zero-order valence-electron chi connectivity index (χ0n) is 16.1. The number of hydrogen-bond donors (Lipinski definition) is 2. The number of fused-ring (bicyclic) bond motifs is 1. The molecule has 5 nitrogen and oxygen atoms in total. The molecule has 29 heavy (non-hydrogen) atoms. The highest BCUT2D eigenvalue weighted by atomic mass is 19.1. The van der Waals surface area contributed by atoms with Crippen LogP contribution in [0.2, 0.25) is 0 Å². The van der Waals surface area contributed by atoms with E-state index in [4.69, 9.17) is 4.98 Å². The largest absolute Gasteiger partial charge is 0.356 e. The van der Waals surface area contributed by atoms with Crippen molar-refractivity contribution in [2.45, 2.75) is 25.9 Å². The Morgan fingerprint density at radius 1 is 1.07 bits per heavy atom. The Hall–Kier alpha value is -3.06. The molecular formula is C22H22F2N4O. The van der Waals surface area contributed by atoms with E-state index in [-0.39, 0.29) is 17.2 Å². The number of halogens is 2. The third-order valence-corrected chi connectivity index (χ3v) is 5.10. The monoisotopic (exact) mass is 396 g/mol. The minimum Gasteiger partial charge on any atom is -0.356 e. The molecule has 0 saturated heterocycles. The maximum atomic E-state index is 13.6. The predicted octanol–water partition coefficient (Wildman–Crippen LogP) is 3.24. The first-order valence-electron chi connectivity index (χ1n) is 9.68. The van der Waals surface area contributed by atoms with E-state index in [1.807, 2.05) is 6.92 Å². The molecule has 0 spiro atoms. The van der Waals surface area contributed by atoms with Gasteiger partial charge in [-0.15, -0.1) is 0 Å². The van der Waals surface area contributed by atoms with Crippen molar-refractivity contribution in [2.24, 2.45) is 0 Å². The second-order valence-electron chi connectivity index (χ2n) is 7.00. The lowest BCUT2D eigenvalue weighted by atomic mass is 9.97. The summed E-state index contributed by atoms with van der Waals surface area (Å²) in [4.78, 5) is 18.3. The van der Waals surface area contributed by atoms with E-state index >= 15 is 0 Å². The van der Waals surface area contributed by atoms with E-state index in [1.54, 1.807) is 28.8 Å². The minimum absolute atomic E-state index is 0.133. The van der Waals surface area contributed by atoms with Crippen LogP contribution in [0.1, 0.15) is 35.3 Å². The van der Waals surface area contributed by atoms with E-state index in [2.05, 4.69) is 10.6 Å². The van der Waals surface area contributed by atoms with Gasteiger partial charge in [-0.3, -0.25) is 9.36 Å². The SMILES string of the molecule is CCNc1nc2c(c(=O)n1C(c1ccc(F)cc1)c1ccc(F)cc1)CCNC2. The third-order valence-electron chi connectivity index (χ3n) is 5.10. The molecule has 0 saturated carbocycles. The number of rotatable bonds is 5. The summed E-state index contributed by atoms with van der Waals surface area (Å²) in [6, 6.07) is 11.5. The van der Waals surface area contributed by atoms with E-state index in [9.17, 15) is 13.6 Å². The van der Waals surface area contributed by atoms with E-state index in [0.29, 0.717) is 37.6 Å². The first kappa shape index (κ1) is 19.3. The van der Waals surface area contributed by atoms with Crippen molar-refractivity contribution in [3.05, 3.63) is 92.9 Å². The van der Waals surface area contributed by atoms with Crippen LogP contribution in [0, 0.1) is 11.6 Å². The second kappa shape index (κ2) is 8.13. The van der Waals surface area contributed by atoms with Gasteiger partial charge in [0.05, 0.1) is 11.7 Å². The molecule has 0 fully saturated rings. The molecule has 1 aliphatic heterocycles. The zero-order valence-corrected chi connectivity index (χ0v) is 16.1. The molecule has 0 bridgehead atoms. The normalized spacial score (nSPS) is 13.4. The van der Waals surface area contributed by atoms with Crippen LogP contribution in [-0.2, 0) is 13.0 Å². The molecule has 150 valence electrons. The second-order valence-corrected chi connectivity index (χ2v) is 7.00. The lowest BCUT2D eigenvalue weighted by molar-refractivity contribution is 0.574. The summed E-state index contributed by atoms with van der Waals surface area (Å²) >= 11 is 0. The number of nitrogens with zero attached hydrogens (tertiary/aromatic N) is 2. The lowest BCUT2D eigenvalue weighted by Crippen LogP contribution is -2.38. The summed E-state index contributed by atoms with van der Waals surface area (Å²) < 4.78 is 28.7. The van der Waals surface area contributed by atoms with Crippen LogP contribution in [0.25, 0.3) is 0 Å². The quantitative estimate of drug-likeness (QED) is 0.695. The molecule has 3 aromatic rings. The Morgan fingerprint density at radius 2 is 1.66 bits per heavy atom. The maximum Gasteiger partial charge on any atom is 0.259 e. The fraction of sp³-hybridized carbons (Fsp3) is 0.273. The molecular weight excluding hydrogens is 374 g/mol. The van der Waals surface area contributed by atoms with Crippen molar-refractivity contribution < 1.29 is 8.78 Å². The van der Waals surface area contributed by atoms with Gasteiger partial charge in [0.1, 0.15) is 11.6 Å². The fourth-order valence-corrected chi connectivity index (χ4v) is 3.73. The van der Waals surface area contributed by atoms with Gasteiger partial charge in [-0.2, -0.15) is 0 Å². The van der Waals surface area contributed by atoms with Gasteiger partial charge < -0.3 is 10.6 Å². The minimum atomic E-state index is -0.564.